The number of benzene rings is 1. The lowest BCUT2D eigenvalue weighted by atomic mass is 10.0. The molecule has 2 aromatic heterocycles. The maximum atomic E-state index is 12.6. The molecule has 0 spiro atoms. The van der Waals surface area contributed by atoms with Gasteiger partial charge in [-0.1, -0.05) is 19.0 Å². The van der Waals surface area contributed by atoms with Gasteiger partial charge in [0.25, 0.3) is 5.91 Å². The monoisotopic (exact) mass is 429 g/mol. The van der Waals surface area contributed by atoms with Crippen molar-refractivity contribution in [1.82, 2.24) is 15.3 Å². The summed E-state index contributed by atoms with van der Waals surface area (Å²) in [5.41, 5.74) is 2.61. The molecule has 0 saturated heterocycles. The zero-order valence-electron chi connectivity index (χ0n) is 16.2. The van der Waals surface area contributed by atoms with Crippen molar-refractivity contribution in [3.05, 3.63) is 65.2 Å². The van der Waals surface area contributed by atoms with E-state index in [1.807, 2.05) is 12.1 Å². The minimum Gasteiger partial charge on any atom is -0.493 e. The fourth-order valence-electron chi connectivity index (χ4n) is 2.83. The van der Waals surface area contributed by atoms with Crippen LogP contribution in [0.25, 0.3) is 11.1 Å². The van der Waals surface area contributed by atoms with E-state index in [1.54, 1.807) is 30.7 Å². The Morgan fingerprint density at radius 1 is 1.00 bits per heavy atom. The van der Waals surface area contributed by atoms with Gasteiger partial charge in [0, 0.05) is 42.5 Å². The van der Waals surface area contributed by atoms with Gasteiger partial charge in [-0.15, -0.1) is 0 Å². The number of hydrogen-bond acceptors (Lipinski definition) is 6. The first-order chi connectivity index (χ1) is 14.1. The highest BCUT2D eigenvalue weighted by atomic mass is 35.5. The Bertz CT molecular complexity index is 1010. The van der Waals surface area contributed by atoms with Gasteiger partial charge < -0.3 is 19.5 Å². The van der Waals surface area contributed by atoms with E-state index in [-0.39, 0.29) is 13.3 Å². The number of hydrogen-bond donors (Lipinski definition) is 1. The van der Waals surface area contributed by atoms with Crippen molar-refractivity contribution >= 4 is 17.5 Å². The van der Waals surface area contributed by atoms with Crippen molar-refractivity contribution in [2.24, 2.45) is 0 Å². The quantitative estimate of drug-likeness (QED) is 0.599. The van der Waals surface area contributed by atoms with Gasteiger partial charge in [0.1, 0.15) is 0 Å². The van der Waals surface area contributed by atoms with Gasteiger partial charge >= 0.3 is 0 Å². The van der Waals surface area contributed by atoms with Gasteiger partial charge in [-0.05, 0) is 29.8 Å². The van der Waals surface area contributed by atoms with Crippen molar-refractivity contribution in [2.75, 3.05) is 21.3 Å². The first kappa shape index (κ1) is 23.0. The third-order valence-electron chi connectivity index (χ3n) is 4.28. The molecule has 3 rings (SSSR count). The SMILES string of the molecule is C.COc1cc(-c2cncc(C(=O)NCc3ccncc3)c2)c(Cl)c(OC)c1OC. The van der Waals surface area contributed by atoms with Crippen LogP contribution in [0.1, 0.15) is 23.3 Å². The normalized spacial score (nSPS) is 10.0. The molecule has 2 heterocycles. The topological polar surface area (TPSA) is 82.6 Å². The summed E-state index contributed by atoms with van der Waals surface area (Å²) in [4.78, 5) is 20.7. The second kappa shape index (κ2) is 10.5. The Morgan fingerprint density at radius 2 is 1.70 bits per heavy atom. The van der Waals surface area contributed by atoms with Crippen molar-refractivity contribution < 1.29 is 19.0 Å². The van der Waals surface area contributed by atoms with Gasteiger partial charge in [-0.25, -0.2) is 0 Å². The molecule has 1 aromatic carbocycles. The summed E-state index contributed by atoms with van der Waals surface area (Å²) in [5, 5.41) is 3.20. The summed E-state index contributed by atoms with van der Waals surface area (Å²) in [7, 11) is 4.52. The van der Waals surface area contributed by atoms with E-state index in [0.717, 1.165) is 5.56 Å². The molecule has 0 saturated carbocycles. The van der Waals surface area contributed by atoms with Crippen molar-refractivity contribution in [3.8, 4) is 28.4 Å². The van der Waals surface area contributed by atoms with E-state index in [9.17, 15) is 4.79 Å². The van der Waals surface area contributed by atoms with Crippen LogP contribution in [0.3, 0.4) is 0 Å². The van der Waals surface area contributed by atoms with Gasteiger partial charge in [0.05, 0.1) is 31.9 Å². The van der Waals surface area contributed by atoms with Crippen LogP contribution in [-0.2, 0) is 6.54 Å². The van der Waals surface area contributed by atoms with E-state index < -0.39 is 0 Å². The Morgan fingerprint density at radius 3 is 2.33 bits per heavy atom. The van der Waals surface area contributed by atoms with Crippen molar-refractivity contribution in [2.45, 2.75) is 14.0 Å². The maximum Gasteiger partial charge on any atom is 0.253 e. The summed E-state index contributed by atoms with van der Waals surface area (Å²) in [6.07, 6.45) is 6.47. The number of carbonyl (C=O) groups excluding carboxylic acids is 1. The highest BCUT2D eigenvalue weighted by Gasteiger charge is 2.21. The van der Waals surface area contributed by atoms with Gasteiger partial charge in [-0.3, -0.25) is 14.8 Å². The van der Waals surface area contributed by atoms with E-state index in [1.165, 1.54) is 27.5 Å². The number of halogens is 1. The van der Waals surface area contributed by atoms with E-state index in [0.29, 0.717) is 45.5 Å². The molecule has 0 bridgehead atoms. The second-order valence-corrected chi connectivity index (χ2v) is 6.39. The summed E-state index contributed by atoms with van der Waals surface area (Å²) < 4.78 is 16.1. The average Bonchev–Trinajstić information content (AvgIpc) is 2.77. The number of pyridine rings is 2. The Balaban J connectivity index is 0.00000320. The van der Waals surface area contributed by atoms with Crippen molar-refractivity contribution in [3.63, 3.8) is 0 Å². The van der Waals surface area contributed by atoms with Crippen LogP contribution < -0.4 is 19.5 Å². The number of amides is 1. The van der Waals surface area contributed by atoms with Crippen molar-refractivity contribution in [1.29, 1.82) is 0 Å². The van der Waals surface area contributed by atoms with Gasteiger partial charge in [-0.2, -0.15) is 0 Å². The molecule has 7 nitrogen and oxygen atoms in total. The molecule has 0 fully saturated rings. The fourth-order valence-corrected chi connectivity index (χ4v) is 3.15. The van der Waals surface area contributed by atoms with E-state index in [2.05, 4.69) is 15.3 Å². The molecule has 0 aliphatic heterocycles. The summed E-state index contributed by atoms with van der Waals surface area (Å²) >= 11 is 6.53. The van der Waals surface area contributed by atoms with Gasteiger partial charge in [0.2, 0.25) is 5.75 Å². The van der Waals surface area contributed by atoms with Crippen LogP contribution >= 0.6 is 11.6 Å². The highest BCUT2D eigenvalue weighted by Crippen LogP contribution is 2.47. The maximum absolute atomic E-state index is 12.6. The zero-order valence-corrected chi connectivity index (χ0v) is 17.0. The standard InChI is InChI=1S/C21H20ClN3O4.CH4/c1-27-17-9-16(18(22)20(29-3)19(17)28-2)14-8-15(12-24-11-14)21(26)25-10-13-4-6-23-7-5-13;/h4-9,11-12H,10H2,1-3H3,(H,25,26);1H4. The smallest absolute Gasteiger partial charge is 0.253 e. The number of aromatic nitrogens is 2. The van der Waals surface area contributed by atoms with E-state index in [4.69, 9.17) is 25.8 Å². The molecule has 8 heteroatoms. The molecule has 0 aliphatic carbocycles. The Kier molecular flexibility index (Phi) is 8.00. The number of nitrogens with zero attached hydrogens (tertiary/aromatic N) is 2. The third kappa shape index (κ3) is 4.80. The first-order valence-corrected chi connectivity index (χ1v) is 9.07. The minimum absolute atomic E-state index is 0. The number of carbonyl (C=O) groups is 1. The van der Waals surface area contributed by atoms with Crippen LogP contribution in [0.5, 0.6) is 17.2 Å². The molecule has 1 N–H and O–H groups in total. The largest absolute Gasteiger partial charge is 0.493 e. The molecule has 0 unspecified atom stereocenters. The average molecular weight is 430 g/mol. The molecular weight excluding hydrogens is 406 g/mol. The number of nitrogens with one attached hydrogen (secondary N) is 1. The lowest BCUT2D eigenvalue weighted by Gasteiger charge is -2.16. The molecule has 0 atom stereocenters. The third-order valence-corrected chi connectivity index (χ3v) is 4.66. The molecule has 0 aliphatic rings. The minimum atomic E-state index is -0.250. The fraction of sp³-hybridized carbons (Fsp3) is 0.227. The van der Waals surface area contributed by atoms with Crippen LogP contribution in [-0.4, -0.2) is 37.2 Å². The molecule has 158 valence electrons. The zero-order chi connectivity index (χ0) is 20.8. The lowest BCUT2D eigenvalue weighted by Crippen LogP contribution is -2.22. The predicted octanol–water partition coefficient (Wildman–Crippen LogP) is 4.39. The molecule has 1 amide bonds. The molecule has 0 radical (unpaired) electrons. The summed E-state index contributed by atoms with van der Waals surface area (Å²) in [5.74, 6) is 0.940. The number of ether oxygens (including phenoxy) is 3. The Hall–Kier alpha value is -3.32. The second-order valence-electron chi connectivity index (χ2n) is 6.01. The number of rotatable bonds is 7. The van der Waals surface area contributed by atoms with Crippen LogP contribution in [0.15, 0.2) is 49.1 Å². The van der Waals surface area contributed by atoms with E-state index >= 15 is 0 Å². The van der Waals surface area contributed by atoms with Crippen LogP contribution in [0.4, 0.5) is 0 Å². The van der Waals surface area contributed by atoms with Crippen LogP contribution in [0.2, 0.25) is 5.02 Å². The Labute approximate surface area is 181 Å². The highest BCUT2D eigenvalue weighted by molar-refractivity contribution is 6.35. The summed E-state index contributed by atoms with van der Waals surface area (Å²) in [6, 6.07) is 7.11. The lowest BCUT2D eigenvalue weighted by molar-refractivity contribution is 0.0950. The van der Waals surface area contributed by atoms with Gasteiger partial charge in [0.15, 0.2) is 11.5 Å². The molecule has 3 aromatic rings. The first-order valence-electron chi connectivity index (χ1n) is 8.70. The van der Waals surface area contributed by atoms with Crippen LogP contribution in [0, 0.1) is 0 Å². The number of methoxy groups -OCH3 is 3. The molecule has 30 heavy (non-hydrogen) atoms. The summed E-state index contributed by atoms with van der Waals surface area (Å²) in [6.45, 7) is 0.385. The predicted molar refractivity (Wildman–Crippen MR) is 116 cm³/mol. The molecular formula is C22H24ClN3O4.